The van der Waals surface area contributed by atoms with Crippen LogP contribution in [0.15, 0.2) is 22.6 Å². The fourth-order valence-corrected chi connectivity index (χ4v) is 2.80. The summed E-state index contributed by atoms with van der Waals surface area (Å²) in [7, 11) is 0. The molecule has 1 saturated heterocycles. The second kappa shape index (κ2) is 7.00. The summed E-state index contributed by atoms with van der Waals surface area (Å²) < 4.78 is 16.7. The number of nitrogens with zero attached hydrogens (tertiary/aromatic N) is 3. The van der Waals surface area contributed by atoms with Crippen LogP contribution in [0, 0.1) is 20.8 Å². The molecule has 1 aliphatic heterocycles. The van der Waals surface area contributed by atoms with E-state index in [1.807, 2.05) is 32.0 Å². The molecule has 0 N–H and O–H groups in total. The largest absolute Gasteiger partial charge is 0.483 e. The minimum absolute atomic E-state index is 0.0324. The third-order valence-corrected chi connectivity index (χ3v) is 4.02. The Morgan fingerprint density at radius 3 is 2.71 bits per heavy atom. The highest BCUT2D eigenvalue weighted by Crippen LogP contribution is 2.25. The van der Waals surface area contributed by atoms with E-state index in [9.17, 15) is 4.79 Å². The number of aromatic nitrogens is 2. The van der Waals surface area contributed by atoms with Crippen molar-refractivity contribution in [3.05, 3.63) is 41.1 Å². The Hall–Kier alpha value is -2.41. The summed E-state index contributed by atoms with van der Waals surface area (Å²) in [5.74, 6) is 1.49. The molecule has 24 heavy (non-hydrogen) atoms. The average Bonchev–Trinajstić information content (AvgIpc) is 3.00. The van der Waals surface area contributed by atoms with Gasteiger partial charge in [-0.3, -0.25) is 4.79 Å². The van der Waals surface area contributed by atoms with Crippen LogP contribution in [0.2, 0.25) is 0 Å². The molecular weight excluding hydrogens is 310 g/mol. The van der Waals surface area contributed by atoms with E-state index < -0.39 is 0 Å². The molecule has 1 amide bonds. The second-order valence-corrected chi connectivity index (χ2v) is 5.85. The Morgan fingerprint density at radius 2 is 2.04 bits per heavy atom. The van der Waals surface area contributed by atoms with Crippen LogP contribution in [-0.4, -0.2) is 47.4 Å². The number of carbonyl (C=O) groups excluding carboxylic acids is 1. The van der Waals surface area contributed by atoms with Gasteiger partial charge >= 0.3 is 0 Å². The van der Waals surface area contributed by atoms with Gasteiger partial charge in [-0.2, -0.15) is 0 Å². The zero-order chi connectivity index (χ0) is 17.1. The van der Waals surface area contributed by atoms with Crippen LogP contribution in [0.1, 0.15) is 29.0 Å². The third-order valence-electron chi connectivity index (χ3n) is 4.02. The zero-order valence-corrected chi connectivity index (χ0v) is 14.1. The first kappa shape index (κ1) is 16.4. The number of ether oxygens (including phenoxy) is 2. The summed E-state index contributed by atoms with van der Waals surface area (Å²) in [4.78, 5) is 14.3. The summed E-state index contributed by atoms with van der Waals surface area (Å²) in [5, 5.41) is 7.85. The molecule has 0 spiro atoms. The van der Waals surface area contributed by atoms with Crippen LogP contribution in [0.3, 0.4) is 0 Å². The number of para-hydroxylation sites is 1. The van der Waals surface area contributed by atoms with Crippen LogP contribution in [0.5, 0.6) is 5.75 Å². The molecule has 3 rings (SSSR count). The lowest BCUT2D eigenvalue weighted by Crippen LogP contribution is -2.45. The third kappa shape index (κ3) is 3.41. The number of hydrogen-bond acceptors (Lipinski definition) is 6. The van der Waals surface area contributed by atoms with Crippen LogP contribution < -0.4 is 4.74 Å². The van der Waals surface area contributed by atoms with Crippen molar-refractivity contribution in [2.75, 3.05) is 26.4 Å². The number of morpholine rings is 1. The van der Waals surface area contributed by atoms with Gasteiger partial charge in [-0.1, -0.05) is 18.2 Å². The minimum atomic E-state index is -0.367. The van der Waals surface area contributed by atoms with Crippen LogP contribution in [-0.2, 0) is 9.53 Å². The fourth-order valence-electron chi connectivity index (χ4n) is 2.80. The number of amides is 1. The van der Waals surface area contributed by atoms with E-state index in [4.69, 9.17) is 13.9 Å². The lowest BCUT2D eigenvalue weighted by molar-refractivity contribution is -0.143. The van der Waals surface area contributed by atoms with Gasteiger partial charge in [-0.15, -0.1) is 10.2 Å². The standard InChI is InChI=1S/C17H21N3O4/c1-11-5-4-6-12(2)16(11)23-10-15(21)20-7-8-22-9-14(20)17-19-18-13(3)24-17/h4-6,14H,7-10H2,1-3H3/t14-/m0/s1. The molecule has 7 heteroatoms. The number of aryl methyl sites for hydroxylation is 3. The maximum Gasteiger partial charge on any atom is 0.261 e. The topological polar surface area (TPSA) is 77.7 Å². The Bertz CT molecular complexity index is 708. The highest BCUT2D eigenvalue weighted by atomic mass is 16.5. The van der Waals surface area contributed by atoms with Gasteiger partial charge in [0.25, 0.3) is 5.91 Å². The van der Waals surface area contributed by atoms with Gasteiger partial charge in [0, 0.05) is 13.5 Å². The van der Waals surface area contributed by atoms with Crippen molar-refractivity contribution in [2.24, 2.45) is 0 Å². The molecule has 0 bridgehead atoms. The summed E-state index contributed by atoms with van der Waals surface area (Å²) in [6.07, 6.45) is 0. The molecule has 7 nitrogen and oxygen atoms in total. The Morgan fingerprint density at radius 1 is 1.29 bits per heavy atom. The first-order chi connectivity index (χ1) is 11.6. The molecule has 1 atom stereocenters. The Kier molecular flexibility index (Phi) is 4.80. The molecule has 128 valence electrons. The normalized spacial score (nSPS) is 17.8. The van der Waals surface area contributed by atoms with Gasteiger partial charge in [0.1, 0.15) is 11.8 Å². The van der Waals surface area contributed by atoms with Crippen molar-refractivity contribution in [1.29, 1.82) is 0 Å². The quantitative estimate of drug-likeness (QED) is 0.852. The maximum absolute atomic E-state index is 12.6. The maximum atomic E-state index is 12.6. The first-order valence-electron chi connectivity index (χ1n) is 7.92. The highest BCUT2D eigenvalue weighted by molar-refractivity contribution is 5.78. The number of benzene rings is 1. The molecule has 0 aliphatic carbocycles. The predicted octanol–water partition coefficient (Wildman–Crippen LogP) is 1.97. The van der Waals surface area contributed by atoms with Gasteiger partial charge in [-0.05, 0) is 25.0 Å². The molecule has 2 heterocycles. The molecule has 1 aromatic heterocycles. The molecule has 1 aromatic carbocycles. The van der Waals surface area contributed by atoms with Crippen LogP contribution in [0.4, 0.5) is 0 Å². The SMILES string of the molecule is Cc1nnc([C@@H]2COCCN2C(=O)COc2c(C)cccc2C)o1. The van der Waals surface area contributed by atoms with Crippen LogP contribution in [0.25, 0.3) is 0 Å². The molecule has 0 radical (unpaired) electrons. The minimum Gasteiger partial charge on any atom is -0.483 e. The van der Waals surface area contributed by atoms with E-state index in [1.54, 1.807) is 11.8 Å². The summed E-state index contributed by atoms with van der Waals surface area (Å²) in [5.41, 5.74) is 2.02. The lowest BCUT2D eigenvalue weighted by atomic mass is 10.1. The average molecular weight is 331 g/mol. The van der Waals surface area contributed by atoms with Crippen molar-refractivity contribution < 1.29 is 18.7 Å². The summed E-state index contributed by atoms with van der Waals surface area (Å²) in [6, 6.07) is 5.53. The van der Waals surface area contributed by atoms with Crippen molar-refractivity contribution in [1.82, 2.24) is 15.1 Å². The molecule has 0 saturated carbocycles. The summed E-state index contributed by atoms with van der Waals surface area (Å²) >= 11 is 0. The molecule has 0 unspecified atom stereocenters. The number of hydrogen-bond donors (Lipinski definition) is 0. The Balaban J connectivity index is 1.70. The second-order valence-electron chi connectivity index (χ2n) is 5.85. The van der Waals surface area contributed by atoms with E-state index in [1.165, 1.54) is 0 Å². The van der Waals surface area contributed by atoms with Gasteiger partial charge in [0.2, 0.25) is 11.8 Å². The smallest absolute Gasteiger partial charge is 0.261 e. The van der Waals surface area contributed by atoms with Crippen molar-refractivity contribution in [2.45, 2.75) is 26.8 Å². The van der Waals surface area contributed by atoms with Crippen LogP contribution >= 0.6 is 0 Å². The highest BCUT2D eigenvalue weighted by Gasteiger charge is 2.32. The van der Waals surface area contributed by atoms with Crippen molar-refractivity contribution in [3.63, 3.8) is 0 Å². The first-order valence-corrected chi connectivity index (χ1v) is 7.92. The lowest BCUT2D eigenvalue weighted by Gasteiger charge is -2.33. The fraction of sp³-hybridized carbons (Fsp3) is 0.471. The number of rotatable bonds is 4. The Labute approximate surface area is 140 Å². The molecule has 2 aromatic rings. The van der Waals surface area contributed by atoms with Gasteiger partial charge < -0.3 is 18.8 Å². The van der Waals surface area contributed by atoms with Gasteiger partial charge in [-0.25, -0.2) is 0 Å². The van der Waals surface area contributed by atoms with Gasteiger partial charge in [0.15, 0.2) is 6.61 Å². The van der Waals surface area contributed by atoms with Crippen molar-refractivity contribution in [3.8, 4) is 5.75 Å². The molecule has 1 aliphatic rings. The van der Waals surface area contributed by atoms with Crippen molar-refractivity contribution >= 4 is 5.91 Å². The van der Waals surface area contributed by atoms with E-state index in [0.717, 1.165) is 16.9 Å². The van der Waals surface area contributed by atoms with E-state index in [-0.39, 0.29) is 18.6 Å². The number of carbonyl (C=O) groups is 1. The van der Waals surface area contributed by atoms with E-state index in [0.29, 0.717) is 31.5 Å². The zero-order valence-electron chi connectivity index (χ0n) is 14.1. The summed E-state index contributed by atoms with van der Waals surface area (Å²) in [6.45, 7) is 6.92. The molecule has 1 fully saturated rings. The van der Waals surface area contributed by atoms with Gasteiger partial charge in [0.05, 0.1) is 13.2 Å². The molecular formula is C17H21N3O4. The van der Waals surface area contributed by atoms with E-state index in [2.05, 4.69) is 10.2 Å². The monoisotopic (exact) mass is 331 g/mol. The predicted molar refractivity (Wildman–Crippen MR) is 85.7 cm³/mol. The van der Waals surface area contributed by atoms with E-state index >= 15 is 0 Å².